The van der Waals surface area contributed by atoms with Crippen molar-refractivity contribution in [1.29, 1.82) is 0 Å². The molecule has 4 atom stereocenters. The average Bonchev–Trinajstić information content (AvgIpc) is 2.77. The highest BCUT2D eigenvalue weighted by Gasteiger charge is 2.34. The smallest absolute Gasteiger partial charge is 0.234 e. The van der Waals surface area contributed by atoms with Crippen molar-refractivity contribution in [1.82, 2.24) is 10.2 Å². The third kappa shape index (κ3) is 4.83. The number of carbonyl (C=O) groups is 1. The minimum atomic E-state index is 0. The molecule has 4 nitrogen and oxygen atoms in total. The van der Waals surface area contributed by atoms with Gasteiger partial charge in [0.2, 0.25) is 5.91 Å². The molecule has 4 unspecified atom stereocenters. The third-order valence-electron chi connectivity index (χ3n) is 5.55. The molecule has 1 saturated heterocycles. The molecule has 1 heterocycles. The quantitative estimate of drug-likeness (QED) is 0.834. The van der Waals surface area contributed by atoms with Crippen molar-refractivity contribution in [3.05, 3.63) is 0 Å². The summed E-state index contributed by atoms with van der Waals surface area (Å²) in [5, 5.41) is 3.26. The summed E-state index contributed by atoms with van der Waals surface area (Å²) < 4.78 is 0. The summed E-state index contributed by atoms with van der Waals surface area (Å²) in [5.74, 6) is 1.51. The molecule has 0 aromatic heterocycles. The van der Waals surface area contributed by atoms with E-state index in [1.54, 1.807) is 0 Å². The summed E-state index contributed by atoms with van der Waals surface area (Å²) in [4.78, 5) is 14.5. The molecule has 0 spiro atoms. The van der Waals surface area contributed by atoms with Crippen molar-refractivity contribution < 1.29 is 4.79 Å². The van der Waals surface area contributed by atoms with Crippen LogP contribution in [-0.4, -0.2) is 43.0 Å². The molecular weight excluding hydrogens is 286 g/mol. The van der Waals surface area contributed by atoms with E-state index in [-0.39, 0.29) is 23.7 Å². The lowest BCUT2D eigenvalue weighted by molar-refractivity contribution is -0.123. The second kappa shape index (κ2) is 7.80. The Kier molecular flexibility index (Phi) is 6.95. The fourth-order valence-corrected chi connectivity index (χ4v) is 3.67. The van der Waals surface area contributed by atoms with Crippen molar-refractivity contribution >= 4 is 18.3 Å². The summed E-state index contributed by atoms with van der Waals surface area (Å²) in [6.45, 7) is 9.99. The first-order valence-corrected chi connectivity index (χ1v) is 8.15. The Morgan fingerprint density at radius 2 is 2.10 bits per heavy atom. The minimum Gasteiger partial charge on any atom is -0.352 e. The van der Waals surface area contributed by atoms with Crippen LogP contribution in [0.15, 0.2) is 0 Å². The van der Waals surface area contributed by atoms with Gasteiger partial charge in [-0.15, -0.1) is 12.4 Å². The first-order chi connectivity index (χ1) is 9.43. The topological polar surface area (TPSA) is 58.4 Å². The Hall–Kier alpha value is -0.320. The number of halogens is 1. The van der Waals surface area contributed by atoms with Gasteiger partial charge >= 0.3 is 0 Å². The van der Waals surface area contributed by atoms with Crippen LogP contribution >= 0.6 is 12.4 Å². The number of amides is 1. The van der Waals surface area contributed by atoms with Crippen LogP contribution in [0.1, 0.15) is 46.5 Å². The molecule has 2 rings (SSSR count). The van der Waals surface area contributed by atoms with Gasteiger partial charge in [0.1, 0.15) is 0 Å². The Balaban J connectivity index is 0.00000220. The van der Waals surface area contributed by atoms with E-state index < -0.39 is 0 Å². The predicted molar refractivity (Wildman–Crippen MR) is 89.6 cm³/mol. The van der Waals surface area contributed by atoms with Crippen LogP contribution in [0.5, 0.6) is 0 Å². The van der Waals surface area contributed by atoms with Crippen LogP contribution in [0.25, 0.3) is 0 Å². The zero-order chi connectivity index (χ0) is 14.8. The lowest BCUT2D eigenvalue weighted by Crippen LogP contribution is -2.47. The Morgan fingerprint density at radius 1 is 1.38 bits per heavy atom. The van der Waals surface area contributed by atoms with Crippen LogP contribution in [0, 0.1) is 17.3 Å². The van der Waals surface area contributed by atoms with E-state index in [2.05, 4.69) is 31.0 Å². The lowest BCUT2D eigenvalue weighted by Gasteiger charge is -2.35. The van der Waals surface area contributed by atoms with Gasteiger partial charge in [-0.1, -0.05) is 33.6 Å². The van der Waals surface area contributed by atoms with E-state index in [1.165, 1.54) is 12.8 Å². The molecule has 2 fully saturated rings. The van der Waals surface area contributed by atoms with Crippen LogP contribution in [0.3, 0.4) is 0 Å². The molecule has 124 valence electrons. The van der Waals surface area contributed by atoms with E-state index >= 15 is 0 Å². The summed E-state index contributed by atoms with van der Waals surface area (Å²) in [6.07, 6.45) is 4.78. The Bertz CT molecular complexity index is 352. The molecule has 1 amide bonds. The maximum Gasteiger partial charge on any atom is 0.234 e. The van der Waals surface area contributed by atoms with Crippen molar-refractivity contribution in [2.45, 2.75) is 52.5 Å². The molecule has 1 aliphatic carbocycles. The highest BCUT2D eigenvalue weighted by atomic mass is 35.5. The van der Waals surface area contributed by atoms with Crippen molar-refractivity contribution in [3.8, 4) is 0 Å². The highest BCUT2D eigenvalue weighted by Crippen LogP contribution is 2.30. The van der Waals surface area contributed by atoms with E-state index in [0.717, 1.165) is 31.8 Å². The average molecular weight is 318 g/mol. The molecule has 0 bridgehead atoms. The first-order valence-electron chi connectivity index (χ1n) is 8.15. The lowest BCUT2D eigenvalue weighted by atomic mass is 9.78. The van der Waals surface area contributed by atoms with Gasteiger partial charge in [-0.3, -0.25) is 9.69 Å². The number of rotatable bonds is 4. The van der Waals surface area contributed by atoms with Crippen molar-refractivity contribution in [2.24, 2.45) is 23.0 Å². The Labute approximate surface area is 135 Å². The van der Waals surface area contributed by atoms with Crippen molar-refractivity contribution in [3.63, 3.8) is 0 Å². The standard InChI is InChI=1S/C16H31N3O.ClH/c1-12-5-4-6-14(13(12)2)18-15(20)9-19-8-7-16(3,10-17)11-19;/h12-14H,4-11,17H2,1-3H3,(H,18,20);1H. The number of nitrogens with zero attached hydrogens (tertiary/aromatic N) is 1. The third-order valence-corrected chi connectivity index (χ3v) is 5.55. The van der Waals surface area contributed by atoms with Crippen LogP contribution in [0.4, 0.5) is 0 Å². The molecular formula is C16H32ClN3O. The number of hydrogen-bond acceptors (Lipinski definition) is 3. The SMILES string of the molecule is CC1CCCC(NC(=O)CN2CCC(C)(CN)C2)C1C.Cl. The summed E-state index contributed by atoms with van der Waals surface area (Å²) >= 11 is 0. The van der Waals surface area contributed by atoms with Gasteiger partial charge < -0.3 is 11.1 Å². The largest absolute Gasteiger partial charge is 0.352 e. The molecule has 0 aromatic carbocycles. The molecule has 1 aliphatic heterocycles. The molecule has 0 radical (unpaired) electrons. The highest BCUT2D eigenvalue weighted by molar-refractivity contribution is 5.85. The van der Waals surface area contributed by atoms with E-state index in [1.807, 2.05) is 0 Å². The van der Waals surface area contributed by atoms with Gasteiger partial charge in [-0.25, -0.2) is 0 Å². The van der Waals surface area contributed by atoms with Crippen molar-refractivity contribution in [2.75, 3.05) is 26.2 Å². The molecule has 1 saturated carbocycles. The summed E-state index contributed by atoms with van der Waals surface area (Å²) in [7, 11) is 0. The van der Waals surface area contributed by atoms with Gasteiger partial charge in [-0.2, -0.15) is 0 Å². The van der Waals surface area contributed by atoms with E-state index in [0.29, 0.717) is 25.0 Å². The Morgan fingerprint density at radius 3 is 2.71 bits per heavy atom. The number of nitrogens with one attached hydrogen (secondary N) is 1. The fraction of sp³-hybridized carbons (Fsp3) is 0.938. The fourth-order valence-electron chi connectivity index (χ4n) is 3.67. The van der Waals surface area contributed by atoms with Gasteiger partial charge in [0.05, 0.1) is 6.54 Å². The maximum absolute atomic E-state index is 12.2. The van der Waals surface area contributed by atoms with Gasteiger partial charge in [0.15, 0.2) is 0 Å². The van der Waals surface area contributed by atoms with E-state index in [4.69, 9.17) is 5.73 Å². The van der Waals surface area contributed by atoms with Crippen LogP contribution < -0.4 is 11.1 Å². The predicted octanol–water partition coefficient (Wildman–Crippen LogP) is 2.02. The molecule has 2 aliphatic rings. The summed E-state index contributed by atoms with van der Waals surface area (Å²) in [6, 6.07) is 0.370. The monoisotopic (exact) mass is 317 g/mol. The molecule has 0 aromatic rings. The second-order valence-electron chi connectivity index (χ2n) is 7.42. The summed E-state index contributed by atoms with van der Waals surface area (Å²) in [5.41, 5.74) is 6.02. The minimum absolute atomic E-state index is 0. The zero-order valence-electron chi connectivity index (χ0n) is 13.7. The number of hydrogen-bond donors (Lipinski definition) is 2. The zero-order valence-corrected chi connectivity index (χ0v) is 14.5. The van der Waals surface area contributed by atoms with Gasteiger partial charge in [0.25, 0.3) is 0 Å². The van der Waals surface area contributed by atoms with E-state index in [9.17, 15) is 4.79 Å². The first kappa shape index (κ1) is 18.7. The normalized spacial score (nSPS) is 37.0. The second-order valence-corrected chi connectivity index (χ2v) is 7.42. The van der Waals surface area contributed by atoms with Gasteiger partial charge in [-0.05, 0) is 43.2 Å². The van der Waals surface area contributed by atoms with Gasteiger partial charge in [0, 0.05) is 12.6 Å². The molecule has 21 heavy (non-hydrogen) atoms. The molecule has 5 heteroatoms. The molecule has 3 N–H and O–H groups in total. The maximum atomic E-state index is 12.2. The number of nitrogens with two attached hydrogens (primary N) is 1. The van der Waals surface area contributed by atoms with Crippen LogP contribution in [-0.2, 0) is 4.79 Å². The number of likely N-dealkylation sites (tertiary alicyclic amines) is 1. The van der Waals surface area contributed by atoms with Crippen LogP contribution in [0.2, 0.25) is 0 Å². The number of carbonyl (C=O) groups excluding carboxylic acids is 1.